The predicted octanol–water partition coefficient (Wildman–Crippen LogP) is 3.44. The van der Waals surface area contributed by atoms with Gasteiger partial charge in [-0.05, 0) is 35.1 Å². The summed E-state index contributed by atoms with van der Waals surface area (Å²) in [7, 11) is 1.24. The van der Waals surface area contributed by atoms with E-state index >= 15 is 0 Å². The number of esters is 1. The Bertz CT molecular complexity index is 1550. The number of methoxy groups -OCH3 is 1. The van der Waals surface area contributed by atoms with E-state index in [4.69, 9.17) is 9.15 Å². The number of nitrogens with zero attached hydrogens (tertiary/aromatic N) is 1. The molecule has 2 N–H and O–H groups in total. The molecule has 0 saturated carbocycles. The SMILES string of the molecule is COC(=O)C[C@@H](c1oc(CN2CCc3ccccc3C2)cc(=O)c1O)c1cc2ccccc2[nH]c1=O. The molecule has 36 heavy (non-hydrogen) atoms. The van der Waals surface area contributed by atoms with Crippen LogP contribution in [0.4, 0.5) is 0 Å². The Morgan fingerprint density at radius 2 is 1.86 bits per heavy atom. The van der Waals surface area contributed by atoms with Gasteiger partial charge in [-0.15, -0.1) is 0 Å². The maximum atomic E-state index is 13.0. The van der Waals surface area contributed by atoms with Crippen molar-refractivity contribution in [1.82, 2.24) is 9.88 Å². The summed E-state index contributed by atoms with van der Waals surface area (Å²) in [6, 6.07) is 18.4. The monoisotopic (exact) mass is 486 g/mol. The number of rotatable bonds is 6. The molecule has 184 valence electrons. The Kier molecular flexibility index (Phi) is 6.43. The molecule has 1 aliphatic heterocycles. The molecule has 1 aliphatic rings. The first-order chi connectivity index (χ1) is 17.4. The van der Waals surface area contributed by atoms with Crippen LogP contribution in [0.1, 0.15) is 40.5 Å². The number of aromatic hydroxyl groups is 1. The summed E-state index contributed by atoms with van der Waals surface area (Å²) in [6.45, 7) is 1.83. The average Bonchev–Trinajstić information content (AvgIpc) is 2.89. The van der Waals surface area contributed by atoms with Crippen LogP contribution in [0.5, 0.6) is 5.75 Å². The largest absolute Gasteiger partial charge is 0.502 e. The highest BCUT2D eigenvalue weighted by molar-refractivity contribution is 5.79. The number of hydrogen-bond donors (Lipinski definition) is 2. The zero-order valence-corrected chi connectivity index (χ0v) is 19.8. The van der Waals surface area contributed by atoms with Crippen molar-refractivity contribution in [2.75, 3.05) is 13.7 Å². The molecule has 0 saturated heterocycles. The van der Waals surface area contributed by atoms with Crippen LogP contribution >= 0.6 is 0 Å². The zero-order chi connectivity index (χ0) is 25.2. The van der Waals surface area contributed by atoms with Crippen LogP contribution in [-0.4, -0.2) is 34.6 Å². The fourth-order valence-corrected chi connectivity index (χ4v) is 4.80. The summed E-state index contributed by atoms with van der Waals surface area (Å²) in [6.07, 6.45) is 0.595. The number of carbonyl (C=O) groups is 1. The van der Waals surface area contributed by atoms with Crippen LogP contribution in [0.3, 0.4) is 0 Å². The Balaban J connectivity index is 1.55. The number of H-pyrrole nitrogens is 1. The summed E-state index contributed by atoms with van der Waals surface area (Å²) in [4.78, 5) is 43.0. The van der Waals surface area contributed by atoms with Gasteiger partial charge >= 0.3 is 5.97 Å². The third kappa shape index (κ3) is 4.67. The van der Waals surface area contributed by atoms with Crippen LogP contribution < -0.4 is 11.0 Å². The number of benzene rings is 2. The minimum atomic E-state index is -1.01. The Labute approximate surface area is 206 Å². The smallest absolute Gasteiger partial charge is 0.306 e. The molecule has 0 unspecified atom stereocenters. The van der Waals surface area contributed by atoms with Crippen LogP contribution in [0.2, 0.25) is 0 Å². The second-order valence-corrected chi connectivity index (χ2v) is 8.99. The maximum Gasteiger partial charge on any atom is 0.306 e. The quantitative estimate of drug-likeness (QED) is 0.402. The lowest BCUT2D eigenvalue weighted by Crippen LogP contribution is -2.30. The van der Waals surface area contributed by atoms with Crippen molar-refractivity contribution >= 4 is 16.9 Å². The topological polar surface area (TPSA) is 113 Å². The maximum absolute atomic E-state index is 13.0. The van der Waals surface area contributed by atoms with Crippen molar-refractivity contribution < 1.29 is 19.1 Å². The van der Waals surface area contributed by atoms with Gasteiger partial charge in [-0.25, -0.2) is 0 Å². The predicted molar refractivity (Wildman–Crippen MR) is 134 cm³/mol. The molecule has 8 heteroatoms. The van der Waals surface area contributed by atoms with Crippen LogP contribution in [-0.2, 0) is 29.0 Å². The molecule has 1 atom stereocenters. The minimum absolute atomic E-state index is 0.124. The van der Waals surface area contributed by atoms with Crippen molar-refractivity contribution in [3.63, 3.8) is 0 Å². The molecule has 3 heterocycles. The first kappa shape index (κ1) is 23.6. The first-order valence-electron chi connectivity index (χ1n) is 11.8. The van der Waals surface area contributed by atoms with Crippen LogP contribution in [0.25, 0.3) is 10.9 Å². The number of ether oxygens (including phenoxy) is 1. The van der Waals surface area contributed by atoms with Crippen LogP contribution in [0, 0.1) is 0 Å². The molecular formula is C28H26N2O6. The molecule has 0 aliphatic carbocycles. The van der Waals surface area contributed by atoms with Crippen molar-refractivity contribution in [1.29, 1.82) is 0 Å². The molecule has 0 radical (unpaired) electrons. The molecule has 0 bridgehead atoms. The summed E-state index contributed by atoms with van der Waals surface area (Å²) in [5.74, 6) is -2.02. The number of aromatic nitrogens is 1. The Hall–Kier alpha value is -4.17. The van der Waals surface area contributed by atoms with E-state index < -0.39 is 28.6 Å². The van der Waals surface area contributed by atoms with E-state index in [2.05, 4.69) is 22.0 Å². The fourth-order valence-electron chi connectivity index (χ4n) is 4.80. The van der Waals surface area contributed by atoms with Gasteiger partial charge in [-0.1, -0.05) is 42.5 Å². The Morgan fingerprint density at radius 1 is 1.11 bits per heavy atom. The van der Waals surface area contributed by atoms with Crippen molar-refractivity contribution in [2.45, 2.75) is 31.8 Å². The molecule has 8 nitrogen and oxygen atoms in total. The van der Waals surface area contributed by atoms with Gasteiger partial charge in [0.2, 0.25) is 11.2 Å². The van der Waals surface area contributed by atoms with Crippen LogP contribution in [0.15, 0.2) is 74.7 Å². The highest BCUT2D eigenvalue weighted by Gasteiger charge is 2.29. The number of pyridine rings is 1. The van der Waals surface area contributed by atoms with Crippen molar-refractivity contribution in [2.24, 2.45) is 0 Å². The standard InChI is InChI=1S/C28H26N2O6/c1-35-25(32)14-21(22-12-18-7-4-5-9-23(18)29-28(22)34)27-26(33)24(31)13-20(36-27)16-30-11-10-17-6-2-3-8-19(17)15-30/h2-9,12-13,21,33H,10-11,14-16H2,1H3,(H,29,34)/t21-/m1/s1. The molecule has 0 spiro atoms. The summed E-state index contributed by atoms with van der Waals surface area (Å²) >= 11 is 0. The number of aromatic amines is 1. The first-order valence-corrected chi connectivity index (χ1v) is 11.8. The van der Waals surface area contributed by atoms with Gasteiger partial charge in [-0.2, -0.15) is 0 Å². The van der Waals surface area contributed by atoms with E-state index in [1.807, 2.05) is 24.3 Å². The van der Waals surface area contributed by atoms with Gasteiger partial charge in [0.15, 0.2) is 5.76 Å². The highest BCUT2D eigenvalue weighted by atomic mass is 16.5. The van der Waals surface area contributed by atoms with E-state index in [9.17, 15) is 19.5 Å². The third-order valence-corrected chi connectivity index (χ3v) is 6.66. The van der Waals surface area contributed by atoms with E-state index in [1.165, 1.54) is 24.3 Å². The lowest BCUT2D eigenvalue weighted by Gasteiger charge is -2.28. The molecule has 2 aromatic heterocycles. The number of carbonyl (C=O) groups excluding carboxylic acids is 1. The van der Waals surface area contributed by atoms with Crippen molar-refractivity contribution in [3.8, 4) is 5.75 Å². The minimum Gasteiger partial charge on any atom is -0.502 e. The van der Waals surface area contributed by atoms with E-state index in [-0.39, 0.29) is 17.7 Å². The zero-order valence-electron chi connectivity index (χ0n) is 19.8. The molecular weight excluding hydrogens is 460 g/mol. The van der Waals surface area contributed by atoms with Gasteiger partial charge < -0.3 is 19.2 Å². The Morgan fingerprint density at radius 3 is 2.67 bits per heavy atom. The molecule has 2 aromatic carbocycles. The van der Waals surface area contributed by atoms with Crippen molar-refractivity contribution in [3.05, 3.63) is 109 Å². The molecule has 4 aromatic rings. The van der Waals surface area contributed by atoms with Gasteiger partial charge in [0.1, 0.15) is 5.76 Å². The lowest BCUT2D eigenvalue weighted by atomic mass is 9.92. The second kappa shape index (κ2) is 9.83. The third-order valence-electron chi connectivity index (χ3n) is 6.66. The number of nitrogens with one attached hydrogen (secondary N) is 1. The summed E-state index contributed by atoms with van der Waals surface area (Å²) in [5.41, 5.74) is 2.28. The highest BCUT2D eigenvalue weighted by Crippen LogP contribution is 2.33. The van der Waals surface area contributed by atoms with E-state index in [0.717, 1.165) is 18.4 Å². The number of fused-ring (bicyclic) bond motifs is 2. The van der Waals surface area contributed by atoms with Gasteiger partial charge in [0, 0.05) is 30.2 Å². The number of hydrogen-bond acceptors (Lipinski definition) is 7. The summed E-state index contributed by atoms with van der Waals surface area (Å²) < 4.78 is 10.9. The van der Waals surface area contributed by atoms with E-state index in [0.29, 0.717) is 24.4 Å². The lowest BCUT2D eigenvalue weighted by molar-refractivity contribution is -0.140. The molecule has 0 amide bonds. The molecule has 0 fully saturated rings. The number of para-hydroxylation sites is 1. The van der Waals surface area contributed by atoms with Gasteiger partial charge in [0.05, 0.1) is 26.0 Å². The van der Waals surface area contributed by atoms with Gasteiger partial charge in [-0.3, -0.25) is 19.3 Å². The average molecular weight is 487 g/mol. The summed E-state index contributed by atoms with van der Waals surface area (Å²) in [5, 5.41) is 11.4. The van der Waals surface area contributed by atoms with E-state index in [1.54, 1.807) is 18.2 Å². The van der Waals surface area contributed by atoms with Gasteiger partial charge in [0.25, 0.3) is 5.56 Å². The molecule has 5 rings (SSSR count). The fraction of sp³-hybridized carbons (Fsp3) is 0.250. The second-order valence-electron chi connectivity index (χ2n) is 8.99. The normalized spacial score (nSPS) is 14.4.